The molecular weight excluding hydrogens is 491 g/mol. The normalized spacial score (nSPS) is 14.7. The number of benzene rings is 2. The van der Waals surface area contributed by atoms with E-state index >= 15 is 0 Å². The number of methoxy groups -OCH3 is 1. The van der Waals surface area contributed by atoms with Crippen molar-refractivity contribution in [1.82, 2.24) is 4.90 Å². The van der Waals surface area contributed by atoms with Crippen LogP contribution in [0.3, 0.4) is 0 Å². The van der Waals surface area contributed by atoms with Crippen LogP contribution in [0.4, 0.5) is 5.69 Å². The third-order valence-corrected chi connectivity index (χ3v) is 6.42. The van der Waals surface area contributed by atoms with E-state index in [2.05, 4.69) is 10.1 Å². The van der Waals surface area contributed by atoms with E-state index in [4.69, 9.17) is 35.4 Å². The second-order valence-corrected chi connectivity index (χ2v) is 9.24. The average Bonchev–Trinajstić information content (AvgIpc) is 3.03. The Labute approximate surface area is 204 Å². The summed E-state index contributed by atoms with van der Waals surface area (Å²) in [6.07, 6.45) is 2.35. The van der Waals surface area contributed by atoms with Gasteiger partial charge >= 0.3 is 5.97 Å². The fourth-order valence-electron chi connectivity index (χ4n) is 2.88. The molecule has 2 aromatic rings. The lowest BCUT2D eigenvalue weighted by Crippen LogP contribution is -2.29. The third-order valence-electron chi connectivity index (χ3n) is 4.49. The Morgan fingerprint density at radius 1 is 1.19 bits per heavy atom. The van der Waals surface area contributed by atoms with Crippen molar-refractivity contribution in [1.29, 1.82) is 0 Å². The van der Waals surface area contributed by atoms with Crippen LogP contribution in [-0.2, 0) is 14.3 Å². The highest BCUT2D eigenvalue weighted by Gasteiger charge is 2.31. The van der Waals surface area contributed by atoms with E-state index in [0.717, 1.165) is 5.56 Å². The Kier molecular flexibility index (Phi) is 8.31. The van der Waals surface area contributed by atoms with Crippen molar-refractivity contribution < 1.29 is 19.1 Å². The maximum atomic E-state index is 12.7. The first-order chi connectivity index (χ1) is 15.3. The first-order valence-corrected chi connectivity index (χ1v) is 11.4. The lowest BCUT2D eigenvalue weighted by atomic mass is 10.1. The number of thioether (sulfide) groups is 1. The molecule has 0 unspecified atom stereocenters. The highest BCUT2D eigenvalue weighted by atomic mass is 35.5. The van der Waals surface area contributed by atoms with E-state index in [1.807, 2.05) is 0 Å². The number of halogens is 2. The predicted octanol–water partition coefficient (Wildman–Crippen LogP) is 5.40. The van der Waals surface area contributed by atoms with Gasteiger partial charge in [0.15, 0.2) is 0 Å². The van der Waals surface area contributed by atoms with Gasteiger partial charge < -0.3 is 10.1 Å². The van der Waals surface area contributed by atoms with Gasteiger partial charge in [-0.15, -0.1) is 0 Å². The van der Waals surface area contributed by atoms with E-state index < -0.39 is 5.97 Å². The van der Waals surface area contributed by atoms with Gasteiger partial charge in [-0.1, -0.05) is 59.3 Å². The van der Waals surface area contributed by atoms with Crippen LogP contribution in [0.2, 0.25) is 10.0 Å². The fourth-order valence-corrected chi connectivity index (χ4v) is 4.64. The molecule has 1 aliphatic heterocycles. The maximum Gasteiger partial charge on any atom is 0.337 e. The molecular formula is C22H18Cl2N2O4S2. The standard InChI is InChI=1S/C22H18Cl2N2O4S2/c1-30-21(29)14-6-4-13(5-7-14)11-18-20(28)26(22(31)32-18)10-2-3-19(27)25-17-9-8-15(23)12-16(17)24/h4-9,11-12H,2-3,10H2,1H3,(H,25,27). The van der Waals surface area contributed by atoms with Crippen molar-refractivity contribution in [2.45, 2.75) is 12.8 Å². The summed E-state index contributed by atoms with van der Waals surface area (Å²) in [5, 5.41) is 3.56. The zero-order valence-electron chi connectivity index (χ0n) is 16.9. The monoisotopic (exact) mass is 508 g/mol. The second-order valence-electron chi connectivity index (χ2n) is 6.72. The summed E-state index contributed by atoms with van der Waals surface area (Å²) in [4.78, 5) is 38.4. The Morgan fingerprint density at radius 3 is 2.56 bits per heavy atom. The SMILES string of the molecule is COC(=O)c1ccc(C=C2SC(=S)N(CCCC(=O)Nc3ccc(Cl)cc3Cl)C2=O)cc1. The highest BCUT2D eigenvalue weighted by molar-refractivity contribution is 8.26. The van der Waals surface area contributed by atoms with Gasteiger partial charge in [-0.05, 0) is 48.4 Å². The molecule has 0 radical (unpaired) electrons. The number of rotatable bonds is 7. The summed E-state index contributed by atoms with van der Waals surface area (Å²) in [6, 6.07) is 11.5. The van der Waals surface area contributed by atoms with E-state index in [1.54, 1.807) is 48.5 Å². The predicted molar refractivity (Wildman–Crippen MR) is 132 cm³/mol. The van der Waals surface area contributed by atoms with E-state index in [-0.39, 0.29) is 18.2 Å². The number of ether oxygens (including phenoxy) is 1. The molecule has 1 fully saturated rings. The molecule has 0 spiro atoms. The Bertz CT molecular complexity index is 1100. The molecule has 0 saturated carbocycles. The van der Waals surface area contributed by atoms with E-state index in [1.165, 1.54) is 23.8 Å². The van der Waals surface area contributed by atoms with Gasteiger partial charge in [-0.25, -0.2) is 4.79 Å². The summed E-state index contributed by atoms with van der Waals surface area (Å²) in [5.41, 5.74) is 1.67. The Balaban J connectivity index is 1.55. The van der Waals surface area contributed by atoms with Crippen LogP contribution < -0.4 is 5.32 Å². The summed E-state index contributed by atoms with van der Waals surface area (Å²) < 4.78 is 5.11. The number of carbonyl (C=O) groups is 3. The molecule has 0 bridgehead atoms. The number of amides is 2. The van der Waals surface area contributed by atoms with Gasteiger partial charge in [0.1, 0.15) is 4.32 Å². The maximum absolute atomic E-state index is 12.7. The molecule has 2 aromatic carbocycles. The van der Waals surface area contributed by atoms with Crippen molar-refractivity contribution in [3.8, 4) is 0 Å². The average molecular weight is 509 g/mol. The lowest BCUT2D eigenvalue weighted by Gasteiger charge is -2.14. The Morgan fingerprint density at radius 2 is 1.91 bits per heavy atom. The first-order valence-electron chi connectivity index (χ1n) is 9.47. The quantitative estimate of drug-likeness (QED) is 0.306. The summed E-state index contributed by atoms with van der Waals surface area (Å²) in [7, 11) is 1.32. The second kappa shape index (κ2) is 11.0. The number of anilines is 1. The topological polar surface area (TPSA) is 75.7 Å². The van der Waals surface area contributed by atoms with Crippen LogP contribution in [0.5, 0.6) is 0 Å². The van der Waals surface area contributed by atoms with Crippen LogP contribution >= 0.6 is 47.2 Å². The van der Waals surface area contributed by atoms with Gasteiger partial charge in [-0.3, -0.25) is 14.5 Å². The molecule has 0 aliphatic carbocycles. The van der Waals surface area contributed by atoms with Crippen molar-refractivity contribution in [2.24, 2.45) is 0 Å². The minimum Gasteiger partial charge on any atom is -0.465 e. The van der Waals surface area contributed by atoms with Crippen LogP contribution in [-0.4, -0.2) is 40.7 Å². The zero-order valence-corrected chi connectivity index (χ0v) is 20.0. The molecule has 6 nitrogen and oxygen atoms in total. The van der Waals surface area contributed by atoms with E-state index in [9.17, 15) is 14.4 Å². The van der Waals surface area contributed by atoms with Gasteiger partial charge in [0.25, 0.3) is 5.91 Å². The highest BCUT2D eigenvalue weighted by Crippen LogP contribution is 2.33. The molecule has 0 aromatic heterocycles. The van der Waals surface area contributed by atoms with Crippen molar-refractivity contribution >= 4 is 81.0 Å². The molecule has 0 atom stereocenters. The number of carbonyl (C=O) groups excluding carboxylic acids is 3. The van der Waals surface area contributed by atoms with Crippen molar-refractivity contribution in [2.75, 3.05) is 19.0 Å². The number of nitrogens with one attached hydrogen (secondary N) is 1. The molecule has 10 heteroatoms. The number of hydrogen-bond donors (Lipinski definition) is 1. The van der Waals surface area contributed by atoms with Crippen LogP contribution in [0, 0.1) is 0 Å². The lowest BCUT2D eigenvalue weighted by molar-refractivity contribution is -0.122. The molecule has 2 amide bonds. The fraction of sp³-hybridized carbons (Fsp3) is 0.182. The molecule has 32 heavy (non-hydrogen) atoms. The van der Waals surface area contributed by atoms with Crippen molar-refractivity contribution in [3.05, 3.63) is 68.5 Å². The molecule has 1 aliphatic rings. The number of hydrogen-bond acceptors (Lipinski definition) is 6. The zero-order chi connectivity index (χ0) is 23.3. The number of thiocarbonyl (C=S) groups is 1. The molecule has 1 saturated heterocycles. The van der Waals surface area contributed by atoms with Gasteiger partial charge in [0.2, 0.25) is 5.91 Å². The summed E-state index contributed by atoms with van der Waals surface area (Å²) >= 11 is 18.4. The van der Waals surface area contributed by atoms with E-state index in [0.29, 0.717) is 43.5 Å². The molecule has 3 rings (SSSR count). The van der Waals surface area contributed by atoms with Crippen LogP contribution in [0.15, 0.2) is 47.4 Å². The smallest absolute Gasteiger partial charge is 0.337 e. The van der Waals surface area contributed by atoms with Gasteiger partial charge in [-0.2, -0.15) is 0 Å². The first kappa shape index (κ1) is 24.3. The van der Waals surface area contributed by atoms with Gasteiger partial charge in [0, 0.05) is 18.0 Å². The Hall–Kier alpha value is -2.39. The minimum absolute atomic E-state index is 0.198. The molecule has 1 heterocycles. The minimum atomic E-state index is -0.426. The summed E-state index contributed by atoms with van der Waals surface area (Å²) in [5.74, 6) is -0.857. The third kappa shape index (κ3) is 6.10. The van der Waals surface area contributed by atoms with Crippen molar-refractivity contribution in [3.63, 3.8) is 0 Å². The van der Waals surface area contributed by atoms with Crippen LogP contribution in [0.25, 0.3) is 6.08 Å². The number of nitrogens with zero attached hydrogens (tertiary/aromatic N) is 1. The molecule has 1 N–H and O–H groups in total. The van der Waals surface area contributed by atoms with Gasteiger partial charge in [0.05, 0.1) is 28.3 Å². The van der Waals surface area contributed by atoms with Crippen LogP contribution in [0.1, 0.15) is 28.8 Å². The molecule has 166 valence electrons. The summed E-state index contributed by atoms with van der Waals surface area (Å²) in [6.45, 7) is 0.324. The number of esters is 1. The largest absolute Gasteiger partial charge is 0.465 e.